The molecule has 0 saturated carbocycles. The van der Waals surface area contributed by atoms with E-state index in [9.17, 15) is 9.59 Å². The number of rotatable bonds is 5. The highest BCUT2D eigenvalue weighted by Gasteiger charge is 2.23. The molecule has 0 atom stereocenters. The molecule has 1 aromatic carbocycles. The number of anilines is 1. The van der Waals surface area contributed by atoms with Crippen LogP contribution in [0, 0.1) is 0 Å². The van der Waals surface area contributed by atoms with Gasteiger partial charge in [-0.1, -0.05) is 30.3 Å². The van der Waals surface area contributed by atoms with Crippen LogP contribution in [0.25, 0.3) is 0 Å². The SMILES string of the molecule is O=c1[nH]c(=O)n(CCc2ccccc2)c2c1CN(Cc1ccco1)CN2. The molecule has 0 aliphatic carbocycles. The highest BCUT2D eigenvalue weighted by Crippen LogP contribution is 2.19. The van der Waals surface area contributed by atoms with Gasteiger partial charge in [0.05, 0.1) is 25.0 Å². The minimum Gasteiger partial charge on any atom is -0.468 e. The Morgan fingerprint density at radius 1 is 1.08 bits per heavy atom. The van der Waals surface area contributed by atoms with Crippen LogP contribution >= 0.6 is 0 Å². The summed E-state index contributed by atoms with van der Waals surface area (Å²) < 4.78 is 6.99. The Morgan fingerprint density at radius 3 is 2.69 bits per heavy atom. The molecule has 3 aromatic rings. The molecule has 7 heteroatoms. The zero-order chi connectivity index (χ0) is 17.9. The number of aryl methyl sites for hydroxylation is 1. The van der Waals surface area contributed by atoms with Crippen LogP contribution in [0.1, 0.15) is 16.9 Å². The molecule has 2 N–H and O–H groups in total. The average molecular weight is 352 g/mol. The highest BCUT2D eigenvalue weighted by molar-refractivity contribution is 5.45. The Labute approximate surface area is 149 Å². The molecule has 3 heterocycles. The van der Waals surface area contributed by atoms with Gasteiger partial charge < -0.3 is 9.73 Å². The van der Waals surface area contributed by atoms with Crippen molar-refractivity contribution < 1.29 is 4.42 Å². The normalized spacial score (nSPS) is 14.0. The van der Waals surface area contributed by atoms with E-state index < -0.39 is 0 Å². The summed E-state index contributed by atoms with van der Waals surface area (Å²) in [4.78, 5) is 29.1. The summed E-state index contributed by atoms with van der Waals surface area (Å²) in [6.07, 6.45) is 2.35. The van der Waals surface area contributed by atoms with Crippen LogP contribution in [0.5, 0.6) is 0 Å². The molecule has 7 nitrogen and oxygen atoms in total. The summed E-state index contributed by atoms with van der Waals surface area (Å²) in [7, 11) is 0. The van der Waals surface area contributed by atoms with Gasteiger partial charge in [-0.15, -0.1) is 0 Å². The molecule has 0 unspecified atom stereocenters. The van der Waals surface area contributed by atoms with Crippen molar-refractivity contribution in [3.05, 3.63) is 86.5 Å². The maximum atomic E-state index is 12.3. The maximum Gasteiger partial charge on any atom is 0.329 e. The Bertz CT molecular complexity index is 990. The van der Waals surface area contributed by atoms with Crippen LogP contribution in [0.15, 0.2) is 62.7 Å². The van der Waals surface area contributed by atoms with Crippen molar-refractivity contribution in [1.82, 2.24) is 14.5 Å². The second-order valence-electron chi connectivity index (χ2n) is 6.37. The van der Waals surface area contributed by atoms with E-state index in [1.54, 1.807) is 10.8 Å². The minimum atomic E-state index is -0.378. The van der Waals surface area contributed by atoms with E-state index in [-0.39, 0.29) is 11.2 Å². The minimum absolute atomic E-state index is 0.336. The predicted octanol–water partition coefficient (Wildman–Crippen LogP) is 1.76. The molecule has 0 fully saturated rings. The number of furan rings is 1. The van der Waals surface area contributed by atoms with Gasteiger partial charge in [0.1, 0.15) is 11.6 Å². The molecule has 2 aromatic heterocycles. The molecule has 0 bridgehead atoms. The standard InChI is InChI=1S/C19H20N4O3/c24-18-16-12-22(11-15-7-4-10-26-15)13-20-17(16)23(19(25)21-18)9-8-14-5-2-1-3-6-14/h1-7,10,20H,8-9,11-13H2,(H,21,24,25). The van der Waals surface area contributed by atoms with Gasteiger partial charge in [-0.25, -0.2) is 4.79 Å². The molecule has 134 valence electrons. The van der Waals surface area contributed by atoms with Gasteiger partial charge in [-0.3, -0.25) is 19.2 Å². The Kier molecular flexibility index (Phi) is 4.45. The number of H-pyrrole nitrogens is 1. The molecule has 1 aliphatic rings. The zero-order valence-electron chi connectivity index (χ0n) is 14.3. The lowest BCUT2D eigenvalue weighted by molar-refractivity contribution is 0.240. The topological polar surface area (TPSA) is 83.3 Å². The van der Waals surface area contributed by atoms with E-state index >= 15 is 0 Å². The van der Waals surface area contributed by atoms with Crippen molar-refractivity contribution in [2.24, 2.45) is 0 Å². The summed E-state index contributed by atoms with van der Waals surface area (Å²) in [6, 6.07) is 13.7. The van der Waals surface area contributed by atoms with Gasteiger partial charge >= 0.3 is 5.69 Å². The first-order valence-electron chi connectivity index (χ1n) is 8.59. The molecule has 0 radical (unpaired) electrons. The fourth-order valence-corrected chi connectivity index (χ4v) is 3.26. The van der Waals surface area contributed by atoms with E-state index in [0.717, 1.165) is 17.7 Å². The van der Waals surface area contributed by atoms with Crippen molar-refractivity contribution >= 4 is 5.82 Å². The largest absolute Gasteiger partial charge is 0.468 e. The third kappa shape index (κ3) is 3.34. The smallest absolute Gasteiger partial charge is 0.329 e. The van der Waals surface area contributed by atoms with Gasteiger partial charge in [0.15, 0.2) is 0 Å². The molecule has 1 aliphatic heterocycles. The van der Waals surface area contributed by atoms with E-state index in [1.165, 1.54) is 0 Å². The van der Waals surface area contributed by atoms with Crippen LogP contribution in [0.4, 0.5) is 5.82 Å². The number of aromatic amines is 1. The Balaban J connectivity index is 1.57. The van der Waals surface area contributed by atoms with E-state index in [0.29, 0.717) is 37.7 Å². The van der Waals surface area contributed by atoms with Crippen LogP contribution in [-0.4, -0.2) is 21.1 Å². The lowest BCUT2D eigenvalue weighted by Gasteiger charge is -2.30. The summed E-state index contributed by atoms with van der Waals surface area (Å²) in [5, 5.41) is 3.24. The number of nitrogens with zero attached hydrogens (tertiary/aromatic N) is 2. The number of fused-ring (bicyclic) bond motifs is 1. The van der Waals surface area contributed by atoms with Crippen molar-refractivity contribution in [2.75, 3.05) is 12.0 Å². The van der Waals surface area contributed by atoms with E-state index in [1.807, 2.05) is 42.5 Å². The third-order valence-electron chi connectivity index (χ3n) is 4.57. The van der Waals surface area contributed by atoms with Crippen molar-refractivity contribution in [3.63, 3.8) is 0 Å². The van der Waals surface area contributed by atoms with Gasteiger partial charge in [0, 0.05) is 13.1 Å². The highest BCUT2D eigenvalue weighted by atomic mass is 16.3. The fraction of sp³-hybridized carbons (Fsp3) is 0.263. The lowest BCUT2D eigenvalue weighted by Crippen LogP contribution is -2.43. The van der Waals surface area contributed by atoms with E-state index in [4.69, 9.17) is 4.42 Å². The average Bonchev–Trinajstić information content (AvgIpc) is 3.16. The number of nitrogens with one attached hydrogen (secondary N) is 2. The summed E-state index contributed by atoms with van der Waals surface area (Å²) >= 11 is 0. The second-order valence-corrected chi connectivity index (χ2v) is 6.37. The first-order chi connectivity index (χ1) is 12.7. The van der Waals surface area contributed by atoms with Crippen LogP contribution < -0.4 is 16.6 Å². The zero-order valence-corrected chi connectivity index (χ0v) is 14.3. The molecule has 4 rings (SSSR count). The van der Waals surface area contributed by atoms with Crippen LogP contribution in [0.3, 0.4) is 0 Å². The Hall–Kier alpha value is -3.06. The van der Waals surface area contributed by atoms with Gasteiger partial charge in [-0.2, -0.15) is 0 Å². The maximum absolute atomic E-state index is 12.3. The summed E-state index contributed by atoms with van der Waals surface area (Å²) in [5.74, 6) is 1.45. The summed E-state index contributed by atoms with van der Waals surface area (Å²) in [5.41, 5.74) is 1.01. The monoisotopic (exact) mass is 352 g/mol. The first kappa shape index (κ1) is 16.4. The van der Waals surface area contributed by atoms with Gasteiger partial charge in [-0.05, 0) is 24.1 Å². The Morgan fingerprint density at radius 2 is 1.92 bits per heavy atom. The third-order valence-corrected chi connectivity index (χ3v) is 4.57. The number of aromatic nitrogens is 2. The predicted molar refractivity (Wildman–Crippen MR) is 97.9 cm³/mol. The fourth-order valence-electron chi connectivity index (χ4n) is 3.26. The lowest BCUT2D eigenvalue weighted by atomic mass is 10.1. The number of hydrogen-bond donors (Lipinski definition) is 2. The van der Waals surface area contributed by atoms with Crippen LogP contribution in [0.2, 0.25) is 0 Å². The number of benzene rings is 1. The molecular formula is C19H20N4O3. The van der Waals surface area contributed by atoms with Gasteiger partial charge in [0.2, 0.25) is 0 Å². The molecule has 0 spiro atoms. The molecule has 0 amide bonds. The molecule has 26 heavy (non-hydrogen) atoms. The van der Waals surface area contributed by atoms with Crippen molar-refractivity contribution in [2.45, 2.75) is 26.1 Å². The van der Waals surface area contributed by atoms with Gasteiger partial charge in [0.25, 0.3) is 5.56 Å². The molecule has 0 saturated heterocycles. The quantitative estimate of drug-likeness (QED) is 0.731. The molecular weight excluding hydrogens is 332 g/mol. The second kappa shape index (κ2) is 7.05. The summed E-state index contributed by atoms with van der Waals surface area (Å²) in [6.45, 7) is 2.11. The number of hydrogen-bond acceptors (Lipinski definition) is 5. The van der Waals surface area contributed by atoms with E-state index in [2.05, 4.69) is 15.2 Å². The van der Waals surface area contributed by atoms with Crippen molar-refractivity contribution in [1.29, 1.82) is 0 Å². The van der Waals surface area contributed by atoms with Crippen LogP contribution in [-0.2, 0) is 26.1 Å². The first-order valence-corrected chi connectivity index (χ1v) is 8.59. The van der Waals surface area contributed by atoms with Crippen molar-refractivity contribution in [3.8, 4) is 0 Å².